The number of alkyl carbamates (subject to hydrolysis) is 1. The summed E-state index contributed by atoms with van der Waals surface area (Å²) in [6, 6.07) is 33.2. The molecule has 8 heteroatoms. The first kappa shape index (κ1) is 30.8. The van der Waals surface area contributed by atoms with Gasteiger partial charge in [-0.25, -0.2) is 4.79 Å². The third-order valence-corrected chi connectivity index (χ3v) is 7.36. The molecule has 0 aliphatic heterocycles. The molecule has 222 valence electrons. The molecule has 0 aliphatic rings. The molecule has 4 aromatic rings. The molecule has 8 nitrogen and oxygen atoms in total. The average Bonchev–Trinajstić information content (AvgIpc) is 3.03. The Morgan fingerprint density at radius 3 is 1.86 bits per heavy atom. The van der Waals surface area contributed by atoms with Crippen LogP contribution in [0, 0.1) is 0 Å². The van der Waals surface area contributed by atoms with Crippen LogP contribution in [0.1, 0.15) is 54.0 Å². The second-order valence-electron chi connectivity index (χ2n) is 10.3. The largest absolute Gasteiger partial charge is 0.508 e. The van der Waals surface area contributed by atoms with Gasteiger partial charge in [-0.2, -0.15) is 0 Å². The quantitative estimate of drug-likeness (QED) is 0.176. The number of primary amides is 1. The summed E-state index contributed by atoms with van der Waals surface area (Å²) in [5.74, 6) is -1.52. The number of rotatable bonds is 13. The Balaban J connectivity index is 1.56. The van der Waals surface area contributed by atoms with Crippen molar-refractivity contribution in [2.45, 2.75) is 44.4 Å². The van der Waals surface area contributed by atoms with Crippen molar-refractivity contribution >= 4 is 17.9 Å². The summed E-state index contributed by atoms with van der Waals surface area (Å²) in [5, 5.41) is 12.6. The molecule has 0 aromatic heterocycles. The van der Waals surface area contributed by atoms with Gasteiger partial charge in [-0.15, -0.1) is 0 Å². The van der Waals surface area contributed by atoms with Crippen LogP contribution in [0.25, 0.3) is 0 Å². The number of carbonyl (C=O) groups is 3. The van der Waals surface area contributed by atoms with Crippen molar-refractivity contribution < 1.29 is 24.2 Å². The van der Waals surface area contributed by atoms with Gasteiger partial charge in [-0.3, -0.25) is 9.59 Å². The SMILES string of the molecule is C[C@@H](c1ccc(O)cc1)N(C(=O)C(c1ccccc1)c1ccccc1)[C@H](CCCNC(=O)OCc1ccccc1)C(N)=O. The normalized spacial score (nSPS) is 12.2. The molecule has 4 N–H and O–H groups in total. The molecule has 0 unspecified atom stereocenters. The number of ether oxygens (including phenoxy) is 1. The van der Waals surface area contributed by atoms with E-state index in [9.17, 15) is 19.5 Å². The fraction of sp³-hybridized carbons (Fsp3) is 0.229. The molecule has 0 fully saturated rings. The molecule has 2 atom stereocenters. The van der Waals surface area contributed by atoms with Crippen molar-refractivity contribution in [3.8, 4) is 5.75 Å². The molecule has 43 heavy (non-hydrogen) atoms. The van der Waals surface area contributed by atoms with Crippen molar-refractivity contribution in [1.82, 2.24) is 10.2 Å². The highest BCUT2D eigenvalue weighted by molar-refractivity contribution is 5.92. The monoisotopic (exact) mass is 579 g/mol. The maximum Gasteiger partial charge on any atom is 0.407 e. The zero-order valence-electron chi connectivity index (χ0n) is 24.1. The fourth-order valence-electron chi connectivity index (χ4n) is 5.12. The lowest BCUT2D eigenvalue weighted by atomic mass is 9.88. The number of carbonyl (C=O) groups excluding carboxylic acids is 3. The van der Waals surface area contributed by atoms with Crippen molar-refractivity contribution in [2.24, 2.45) is 5.73 Å². The molecule has 4 rings (SSSR count). The lowest BCUT2D eigenvalue weighted by Crippen LogP contribution is -2.51. The first-order valence-electron chi connectivity index (χ1n) is 14.3. The summed E-state index contributed by atoms with van der Waals surface area (Å²) in [6.45, 7) is 2.21. The van der Waals surface area contributed by atoms with E-state index >= 15 is 0 Å². The van der Waals surface area contributed by atoms with E-state index in [-0.39, 0.29) is 31.2 Å². The van der Waals surface area contributed by atoms with Gasteiger partial charge < -0.3 is 25.8 Å². The standard InChI is InChI=1S/C35H37N3O5/c1-25(27-19-21-30(39)22-20-27)38(34(41)32(28-14-7-3-8-15-28)29-16-9-4-10-17-29)31(33(36)40)18-11-23-37-35(42)43-24-26-12-5-2-6-13-26/h2-10,12-17,19-22,25,31-32,39H,11,18,23-24H2,1H3,(H2,36,40)(H,37,42)/t25-,31+/m0/s1. The van der Waals surface area contributed by atoms with Gasteiger partial charge in [0.15, 0.2) is 0 Å². The Morgan fingerprint density at radius 1 is 0.791 bits per heavy atom. The number of phenolic OH excluding ortho intramolecular Hbond substituents is 1. The van der Waals surface area contributed by atoms with Gasteiger partial charge in [0.2, 0.25) is 11.8 Å². The summed E-state index contributed by atoms with van der Waals surface area (Å²) < 4.78 is 5.28. The van der Waals surface area contributed by atoms with Crippen LogP contribution < -0.4 is 11.1 Å². The van der Waals surface area contributed by atoms with E-state index in [0.29, 0.717) is 6.42 Å². The van der Waals surface area contributed by atoms with Gasteiger partial charge in [-0.1, -0.05) is 103 Å². The number of phenols is 1. The predicted molar refractivity (Wildman–Crippen MR) is 165 cm³/mol. The smallest absolute Gasteiger partial charge is 0.407 e. The second kappa shape index (κ2) is 15.2. The molecule has 0 bridgehead atoms. The van der Waals surface area contributed by atoms with Crippen LogP contribution in [0.4, 0.5) is 4.79 Å². The van der Waals surface area contributed by atoms with Gasteiger partial charge in [0, 0.05) is 6.54 Å². The number of nitrogens with two attached hydrogens (primary N) is 1. The van der Waals surface area contributed by atoms with Crippen molar-refractivity contribution in [1.29, 1.82) is 0 Å². The summed E-state index contributed by atoms with van der Waals surface area (Å²) in [7, 11) is 0. The van der Waals surface area contributed by atoms with E-state index in [4.69, 9.17) is 10.5 Å². The Hall–Kier alpha value is -5.11. The number of amides is 3. The number of hydrogen-bond donors (Lipinski definition) is 3. The van der Waals surface area contributed by atoms with Gasteiger partial charge in [0.1, 0.15) is 18.4 Å². The lowest BCUT2D eigenvalue weighted by molar-refractivity contribution is -0.142. The Bertz CT molecular complexity index is 1420. The highest BCUT2D eigenvalue weighted by Crippen LogP contribution is 2.33. The van der Waals surface area contributed by atoms with Gasteiger partial charge in [-0.05, 0) is 54.2 Å². The van der Waals surface area contributed by atoms with Crippen LogP contribution >= 0.6 is 0 Å². The minimum absolute atomic E-state index is 0.0944. The number of nitrogens with one attached hydrogen (secondary N) is 1. The van der Waals surface area contributed by atoms with Crippen molar-refractivity contribution in [2.75, 3.05) is 6.54 Å². The van der Waals surface area contributed by atoms with E-state index in [1.807, 2.05) is 97.9 Å². The Morgan fingerprint density at radius 2 is 1.33 bits per heavy atom. The molecule has 0 saturated carbocycles. The minimum Gasteiger partial charge on any atom is -0.508 e. The minimum atomic E-state index is -0.964. The summed E-state index contributed by atoms with van der Waals surface area (Å²) >= 11 is 0. The molecule has 0 heterocycles. The van der Waals surface area contributed by atoms with Crippen LogP contribution in [0.15, 0.2) is 115 Å². The van der Waals surface area contributed by atoms with Gasteiger partial charge >= 0.3 is 6.09 Å². The Kier molecular flexibility index (Phi) is 10.9. The van der Waals surface area contributed by atoms with Crippen LogP contribution in [0.3, 0.4) is 0 Å². The molecular weight excluding hydrogens is 542 g/mol. The molecule has 0 saturated heterocycles. The molecule has 4 aromatic carbocycles. The van der Waals surface area contributed by atoms with E-state index < -0.39 is 30.0 Å². The van der Waals surface area contributed by atoms with E-state index in [1.54, 1.807) is 29.2 Å². The maximum absolute atomic E-state index is 14.6. The van der Waals surface area contributed by atoms with Crippen LogP contribution in [-0.2, 0) is 20.9 Å². The van der Waals surface area contributed by atoms with Crippen molar-refractivity contribution in [3.05, 3.63) is 138 Å². The number of nitrogens with zero attached hydrogens (tertiary/aromatic N) is 1. The number of benzene rings is 4. The first-order chi connectivity index (χ1) is 20.8. The summed E-state index contributed by atoms with van der Waals surface area (Å²) in [4.78, 5) is 41.4. The highest BCUT2D eigenvalue weighted by Gasteiger charge is 2.37. The number of aromatic hydroxyl groups is 1. The van der Waals surface area contributed by atoms with E-state index in [2.05, 4.69) is 5.32 Å². The molecule has 0 spiro atoms. The first-order valence-corrected chi connectivity index (χ1v) is 14.3. The van der Waals surface area contributed by atoms with Crippen LogP contribution in [-0.4, -0.2) is 40.5 Å². The van der Waals surface area contributed by atoms with Crippen LogP contribution in [0.5, 0.6) is 5.75 Å². The molecule has 0 aliphatic carbocycles. The molecule has 0 radical (unpaired) electrons. The zero-order chi connectivity index (χ0) is 30.6. The maximum atomic E-state index is 14.6. The van der Waals surface area contributed by atoms with Gasteiger partial charge in [0.05, 0.1) is 12.0 Å². The number of hydrogen-bond acceptors (Lipinski definition) is 5. The zero-order valence-corrected chi connectivity index (χ0v) is 24.1. The second-order valence-corrected chi connectivity index (χ2v) is 10.3. The Labute approximate surface area is 252 Å². The average molecular weight is 580 g/mol. The fourth-order valence-corrected chi connectivity index (χ4v) is 5.12. The predicted octanol–water partition coefficient (Wildman–Crippen LogP) is 5.67. The molecule has 3 amide bonds. The van der Waals surface area contributed by atoms with E-state index in [0.717, 1.165) is 22.3 Å². The topological polar surface area (TPSA) is 122 Å². The summed E-state index contributed by atoms with van der Waals surface area (Å²) in [6.07, 6.45) is 0.0262. The molecular formula is C35H37N3O5. The summed E-state index contributed by atoms with van der Waals surface area (Å²) in [5.41, 5.74) is 9.14. The van der Waals surface area contributed by atoms with Crippen molar-refractivity contribution in [3.63, 3.8) is 0 Å². The van der Waals surface area contributed by atoms with Crippen LogP contribution in [0.2, 0.25) is 0 Å². The van der Waals surface area contributed by atoms with E-state index in [1.165, 1.54) is 0 Å². The lowest BCUT2D eigenvalue weighted by Gasteiger charge is -2.38. The van der Waals surface area contributed by atoms with Gasteiger partial charge in [0.25, 0.3) is 0 Å². The third-order valence-electron chi connectivity index (χ3n) is 7.36. The third kappa shape index (κ3) is 8.45. The highest BCUT2D eigenvalue weighted by atomic mass is 16.5.